The van der Waals surface area contributed by atoms with E-state index in [0.29, 0.717) is 6.29 Å². The quantitative estimate of drug-likeness (QED) is 0.494. The first kappa shape index (κ1) is 19.4. The Morgan fingerprint density at radius 2 is 1.70 bits per heavy atom. The number of benzene rings is 1. The summed E-state index contributed by atoms with van der Waals surface area (Å²) in [6.07, 6.45) is 2.56. The molecular weight excluding hydrogens is 288 g/mol. The fraction of sp³-hybridized carbons (Fsp3) is 0.600. The molecule has 3 nitrogen and oxygen atoms in total. The van der Waals surface area contributed by atoms with Crippen LogP contribution >= 0.6 is 0 Å². The highest BCUT2D eigenvalue weighted by molar-refractivity contribution is 5.90. The molecule has 0 radical (unpaired) electrons. The van der Waals surface area contributed by atoms with Gasteiger partial charge in [0.1, 0.15) is 18.6 Å². The van der Waals surface area contributed by atoms with Crippen molar-refractivity contribution in [2.24, 2.45) is 0 Å². The highest BCUT2D eigenvalue weighted by Gasteiger charge is 2.26. The number of hydrogen-bond donors (Lipinski definition) is 0. The maximum absolute atomic E-state index is 11.6. The molecule has 0 heterocycles. The largest absolute Gasteiger partial charge is 0.486 e. The van der Waals surface area contributed by atoms with Crippen LogP contribution in [0.25, 0.3) is 0 Å². The highest BCUT2D eigenvalue weighted by Crippen LogP contribution is 2.38. The molecule has 1 aromatic rings. The number of ether oxygens (including phenoxy) is 1. The summed E-state index contributed by atoms with van der Waals surface area (Å²) in [5, 5.41) is 0. The molecule has 0 spiro atoms. The molecule has 0 N–H and O–H groups in total. The Morgan fingerprint density at radius 3 is 2.22 bits per heavy atom. The second-order valence-corrected chi connectivity index (χ2v) is 7.38. The Kier molecular flexibility index (Phi) is 6.55. The van der Waals surface area contributed by atoms with Crippen molar-refractivity contribution in [3.63, 3.8) is 0 Å². The van der Waals surface area contributed by atoms with E-state index in [4.69, 9.17) is 4.74 Å². The number of carbonyl (C=O) groups excluding carboxylic acids is 2. The van der Waals surface area contributed by atoms with Gasteiger partial charge >= 0.3 is 0 Å². The van der Waals surface area contributed by atoms with Crippen LogP contribution in [-0.2, 0) is 20.4 Å². The van der Waals surface area contributed by atoms with Gasteiger partial charge < -0.3 is 9.53 Å². The molecular formula is C20H30O3. The van der Waals surface area contributed by atoms with E-state index in [-0.39, 0.29) is 29.6 Å². The smallest absolute Gasteiger partial charge is 0.177 e. The van der Waals surface area contributed by atoms with Gasteiger partial charge in [-0.05, 0) is 35.3 Å². The number of Topliss-reactive ketones (excluding diaryl/α,β-unsaturated/α-hetero) is 1. The molecule has 1 rings (SSSR count). The van der Waals surface area contributed by atoms with Crippen molar-refractivity contribution in [2.45, 2.75) is 71.6 Å². The van der Waals surface area contributed by atoms with Gasteiger partial charge in [-0.2, -0.15) is 0 Å². The van der Waals surface area contributed by atoms with Crippen molar-refractivity contribution >= 4 is 12.1 Å². The Morgan fingerprint density at radius 1 is 1.09 bits per heavy atom. The third kappa shape index (κ3) is 4.92. The zero-order valence-electron chi connectivity index (χ0n) is 15.4. The van der Waals surface area contributed by atoms with E-state index in [1.807, 2.05) is 6.07 Å². The number of aldehydes is 1. The first-order valence-electron chi connectivity index (χ1n) is 8.41. The Hall–Kier alpha value is -1.64. The monoisotopic (exact) mass is 318 g/mol. The molecule has 0 aromatic heterocycles. The Bertz CT molecular complexity index is 556. The molecule has 0 amide bonds. The first-order chi connectivity index (χ1) is 10.7. The summed E-state index contributed by atoms with van der Waals surface area (Å²) in [4.78, 5) is 22.0. The maximum atomic E-state index is 11.6. The molecule has 0 atom stereocenters. The first-order valence-corrected chi connectivity index (χ1v) is 8.41. The summed E-state index contributed by atoms with van der Waals surface area (Å²) < 4.78 is 5.73. The molecule has 0 unspecified atom stereocenters. The number of hydrogen-bond acceptors (Lipinski definition) is 3. The second-order valence-electron chi connectivity index (χ2n) is 7.38. The number of ketones is 1. The van der Waals surface area contributed by atoms with Crippen molar-refractivity contribution in [1.29, 1.82) is 0 Å². The molecule has 0 aliphatic carbocycles. The highest BCUT2D eigenvalue weighted by atomic mass is 16.5. The summed E-state index contributed by atoms with van der Waals surface area (Å²) in [5.74, 6) is 0.546. The van der Waals surface area contributed by atoms with Crippen LogP contribution < -0.4 is 4.74 Å². The molecule has 1 aromatic carbocycles. The van der Waals surface area contributed by atoms with Crippen molar-refractivity contribution in [3.05, 3.63) is 29.3 Å². The lowest BCUT2D eigenvalue weighted by Gasteiger charge is -2.30. The van der Waals surface area contributed by atoms with E-state index in [2.05, 4.69) is 53.7 Å². The molecule has 0 fully saturated rings. The van der Waals surface area contributed by atoms with Crippen LogP contribution in [0.15, 0.2) is 18.2 Å². The lowest BCUT2D eigenvalue weighted by Crippen LogP contribution is -2.22. The molecule has 3 heteroatoms. The molecule has 0 saturated heterocycles. The van der Waals surface area contributed by atoms with Crippen LogP contribution in [0.3, 0.4) is 0 Å². The average molecular weight is 318 g/mol. The normalized spacial score (nSPS) is 12.1. The van der Waals surface area contributed by atoms with Crippen molar-refractivity contribution < 1.29 is 14.3 Å². The van der Waals surface area contributed by atoms with Gasteiger partial charge in [0.25, 0.3) is 0 Å². The number of rotatable bonds is 9. The minimum atomic E-state index is -0.196. The summed E-state index contributed by atoms with van der Waals surface area (Å²) in [6, 6.07) is 6.26. The molecule has 128 valence electrons. The van der Waals surface area contributed by atoms with Crippen LogP contribution in [-0.4, -0.2) is 18.7 Å². The van der Waals surface area contributed by atoms with Gasteiger partial charge in [0, 0.05) is 5.56 Å². The van der Waals surface area contributed by atoms with Gasteiger partial charge in [-0.15, -0.1) is 0 Å². The predicted molar refractivity (Wildman–Crippen MR) is 94.3 cm³/mol. The fourth-order valence-electron chi connectivity index (χ4n) is 2.31. The minimum absolute atomic E-state index is 0.0388. The predicted octanol–water partition coefficient (Wildman–Crippen LogP) is 4.60. The topological polar surface area (TPSA) is 43.4 Å². The third-order valence-corrected chi connectivity index (χ3v) is 4.96. The van der Waals surface area contributed by atoms with Gasteiger partial charge in [-0.1, -0.05) is 53.7 Å². The van der Waals surface area contributed by atoms with Crippen molar-refractivity contribution in [3.8, 4) is 5.75 Å². The Balaban J connectivity index is 3.19. The average Bonchev–Trinajstić information content (AvgIpc) is 2.53. The van der Waals surface area contributed by atoms with Crippen molar-refractivity contribution in [2.75, 3.05) is 6.61 Å². The van der Waals surface area contributed by atoms with Crippen LogP contribution in [0.4, 0.5) is 0 Å². The van der Waals surface area contributed by atoms with Crippen LogP contribution in [0.2, 0.25) is 0 Å². The summed E-state index contributed by atoms with van der Waals surface area (Å²) in [7, 11) is 0. The van der Waals surface area contributed by atoms with Crippen LogP contribution in [0.5, 0.6) is 5.75 Å². The van der Waals surface area contributed by atoms with Crippen LogP contribution in [0.1, 0.15) is 71.9 Å². The molecule has 0 aliphatic rings. The summed E-state index contributed by atoms with van der Waals surface area (Å²) in [6.45, 7) is 13.1. The van der Waals surface area contributed by atoms with E-state index < -0.39 is 0 Å². The standard InChI is InChI=1S/C20H30O3/c1-7-19(3,4)15-9-10-18(23-14-16(22)11-12-21)17(13-15)20(5,6)8-2/h9-10,12-13H,7-8,11,14H2,1-6H3. The van der Waals surface area contributed by atoms with E-state index in [0.717, 1.165) is 24.2 Å². The minimum Gasteiger partial charge on any atom is -0.486 e. The Labute approximate surface area is 140 Å². The molecule has 0 aliphatic heterocycles. The SMILES string of the molecule is CCC(C)(C)c1ccc(OCC(=O)CC=O)c(C(C)(C)CC)c1. The third-order valence-electron chi connectivity index (χ3n) is 4.96. The van der Waals surface area contributed by atoms with E-state index in [9.17, 15) is 9.59 Å². The lowest BCUT2D eigenvalue weighted by atomic mass is 9.76. The molecule has 0 bridgehead atoms. The lowest BCUT2D eigenvalue weighted by molar-refractivity contribution is -0.123. The van der Waals surface area contributed by atoms with E-state index in [1.54, 1.807) is 0 Å². The fourth-order valence-corrected chi connectivity index (χ4v) is 2.31. The van der Waals surface area contributed by atoms with E-state index in [1.165, 1.54) is 5.56 Å². The summed E-state index contributed by atoms with van der Waals surface area (Å²) >= 11 is 0. The van der Waals surface area contributed by atoms with Gasteiger partial charge in [0.05, 0.1) is 6.42 Å². The van der Waals surface area contributed by atoms with Crippen LogP contribution in [0, 0.1) is 0 Å². The van der Waals surface area contributed by atoms with Gasteiger partial charge in [0.2, 0.25) is 0 Å². The zero-order valence-corrected chi connectivity index (χ0v) is 15.4. The molecule has 23 heavy (non-hydrogen) atoms. The van der Waals surface area contributed by atoms with Gasteiger partial charge in [0.15, 0.2) is 5.78 Å². The van der Waals surface area contributed by atoms with Gasteiger partial charge in [-0.25, -0.2) is 0 Å². The number of carbonyl (C=O) groups is 2. The zero-order chi connectivity index (χ0) is 17.7. The molecule has 0 saturated carbocycles. The van der Waals surface area contributed by atoms with Crippen molar-refractivity contribution in [1.82, 2.24) is 0 Å². The maximum Gasteiger partial charge on any atom is 0.177 e. The summed E-state index contributed by atoms with van der Waals surface area (Å²) in [5.41, 5.74) is 2.47. The second kappa shape index (κ2) is 7.76. The van der Waals surface area contributed by atoms with Gasteiger partial charge in [-0.3, -0.25) is 4.79 Å². The van der Waals surface area contributed by atoms with E-state index >= 15 is 0 Å².